The van der Waals surface area contributed by atoms with Gasteiger partial charge in [-0.15, -0.1) is 5.10 Å². The van der Waals surface area contributed by atoms with Crippen LogP contribution < -0.4 is 5.32 Å². The minimum Gasteiger partial charge on any atom is -0.337 e. The van der Waals surface area contributed by atoms with E-state index < -0.39 is 5.91 Å². The Morgan fingerprint density at radius 3 is 2.41 bits per heavy atom. The summed E-state index contributed by atoms with van der Waals surface area (Å²) in [5.41, 5.74) is 1.16. The molecule has 6 nitrogen and oxygen atoms in total. The highest BCUT2D eigenvalue weighted by molar-refractivity contribution is 7.08. The molecular weight excluding hydrogens is 407 g/mol. The van der Waals surface area contributed by atoms with Gasteiger partial charge >= 0.3 is 0 Å². The highest BCUT2D eigenvalue weighted by atomic mass is 35.5. The van der Waals surface area contributed by atoms with Crippen LogP contribution in [-0.2, 0) is 4.79 Å². The van der Waals surface area contributed by atoms with Gasteiger partial charge in [0.15, 0.2) is 0 Å². The molecule has 0 spiro atoms. The average molecular weight is 425 g/mol. The van der Waals surface area contributed by atoms with Crippen LogP contribution in [0.15, 0.2) is 30.0 Å². The molecule has 0 radical (unpaired) electrons. The SMILES string of the molecule is Cc1nnsc1C(=O)N/C(C(=O)N1CCCCC1)=C(\Cl)c1ccc(Cl)cc1. The Labute approximate surface area is 171 Å². The van der Waals surface area contributed by atoms with Gasteiger partial charge in [-0.1, -0.05) is 39.8 Å². The van der Waals surface area contributed by atoms with Gasteiger partial charge in [0.05, 0.1) is 10.7 Å². The predicted octanol–water partition coefficient (Wildman–Crippen LogP) is 3.85. The Kier molecular flexibility index (Phi) is 6.46. The molecule has 1 aromatic carbocycles. The zero-order chi connectivity index (χ0) is 19.4. The van der Waals surface area contributed by atoms with Gasteiger partial charge in [0.1, 0.15) is 10.6 Å². The van der Waals surface area contributed by atoms with Crippen molar-refractivity contribution in [2.45, 2.75) is 26.2 Å². The van der Waals surface area contributed by atoms with Gasteiger partial charge in [-0.2, -0.15) is 0 Å². The molecule has 1 fully saturated rings. The number of amides is 2. The molecule has 27 heavy (non-hydrogen) atoms. The summed E-state index contributed by atoms with van der Waals surface area (Å²) in [6.45, 7) is 2.98. The Hall–Kier alpha value is -1.96. The number of hydrogen-bond donors (Lipinski definition) is 1. The van der Waals surface area contributed by atoms with E-state index >= 15 is 0 Å². The fourth-order valence-corrected chi connectivity index (χ4v) is 3.74. The number of nitrogens with zero attached hydrogens (tertiary/aromatic N) is 3. The smallest absolute Gasteiger partial charge is 0.271 e. The number of halogens is 2. The maximum Gasteiger partial charge on any atom is 0.271 e. The van der Waals surface area contributed by atoms with Crippen molar-refractivity contribution < 1.29 is 9.59 Å². The van der Waals surface area contributed by atoms with Crippen molar-refractivity contribution in [3.63, 3.8) is 0 Å². The zero-order valence-corrected chi connectivity index (χ0v) is 17.0. The van der Waals surface area contributed by atoms with E-state index in [1.807, 2.05) is 0 Å². The van der Waals surface area contributed by atoms with Crippen molar-refractivity contribution in [3.05, 3.63) is 51.1 Å². The maximum absolute atomic E-state index is 13.1. The van der Waals surface area contributed by atoms with Gasteiger partial charge in [-0.05, 0) is 55.4 Å². The number of aryl methyl sites for hydroxylation is 1. The summed E-state index contributed by atoms with van der Waals surface area (Å²) in [7, 11) is 0. The molecule has 0 unspecified atom stereocenters. The third-order valence-corrected chi connectivity index (χ3v) is 5.76. The van der Waals surface area contributed by atoms with Crippen molar-refractivity contribution in [2.24, 2.45) is 0 Å². The van der Waals surface area contributed by atoms with Crippen LogP contribution in [0, 0.1) is 6.92 Å². The second-order valence-electron chi connectivity index (χ2n) is 6.19. The number of likely N-dealkylation sites (tertiary alicyclic amines) is 1. The van der Waals surface area contributed by atoms with Crippen molar-refractivity contribution in [1.29, 1.82) is 0 Å². The molecule has 0 bridgehead atoms. The molecule has 0 atom stereocenters. The quantitative estimate of drug-likeness (QED) is 0.756. The molecule has 1 saturated heterocycles. The van der Waals surface area contributed by atoms with Gasteiger partial charge in [0.2, 0.25) is 0 Å². The standard InChI is InChI=1S/C18H18Cl2N4O2S/c1-11-16(27-23-22-11)17(25)21-15(18(26)24-9-3-2-4-10-24)14(20)12-5-7-13(19)8-6-12/h5-8H,2-4,9-10H2,1H3,(H,21,25)/b15-14-. The summed E-state index contributed by atoms with van der Waals surface area (Å²) in [6, 6.07) is 6.78. The first-order valence-electron chi connectivity index (χ1n) is 8.52. The van der Waals surface area contributed by atoms with E-state index in [1.165, 1.54) is 0 Å². The molecule has 1 aliphatic rings. The topological polar surface area (TPSA) is 75.2 Å². The summed E-state index contributed by atoms with van der Waals surface area (Å²) in [5, 5.41) is 7.26. The molecule has 1 aromatic heterocycles. The van der Waals surface area contributed by atoms with E-state index in [0.29, 0.717) is 34.2 Å². The van der Waals surface area contributed by atoms with Crippen molar-refractivity contribution in [3.8, 4) is 0 Å². The fourth-order valence-electron chi connectivity index (χ4n) is 2.81. The third-order valence-electron chi connectivity index (χ3n) is 4.27. The van der Waals surface area contributed by atoms with Crippen LogP contribution in [0.2, 0.25) is 5.02 Å². The van der Waals surface area contributed by atoms with Gasteiger partial charge in [-0.3, -0.25) is 9.59 Å². The number of carbonyl (C=O) groups is 2. The van der Waals surface area contributed by atoms with Gasteiger partial charge in [0, 0.05) is 18.1 Å². The Morgan fingerprint density at radius 2 is 1.81 bits per heavy atom. The number of rotatable bonds is 4. The lowest BCUT2D eigenvalue weighted by Crippen LogP contribution is -2.41. The van der Waals surface area contributed by atoms with Crippen LogP contribution in [0.4, 0.5) is 0 Å². The lowest BCUT2D eigenvalue weighted by atomic mass is 10.1. The number of piperidine rings is 1. The van der Waals surface area contributed by atoms with E-state index in [4.69, 9.17) is 23.2 Å². The summed E-state index contributed by atoms with van der Waals surface area (Å²) < 4.78 is 3.77. The summed E-state index contributed by atoms with van der Waals surface area (Å²) in [4.78, 5) is 27.8. The third kappa shape index (κ3) is 4.66. The Bertz CT molecular complexity index is 874. The normalized spacial score (nSPS) is 15.3. The van der Waals surface area contributed by atoms with Crippen LogP contribution in [0.1, 0.15) is 40.2 Å². The zero-order valence-electron chi connectivity index (χ0n) is 14.7. The molecule has 2 aromatic rings. The highest BCUT2D eigenvalue weighted by Gasteiger charge is 2.26. The fraction of sp³-hybridized carbons (Fsp3) is 0.333. The van der Waals surface area contributed by atoms with Crippen LogP contribution in [0.3, 0.4) is 0 Å². The maximum atomic E-state index is 13.1. The van der Waals surface area contributed by atoms with E-state index in [2.05, 4.69) is 14.9 Å². The second kappa shape index (κ2) is 8.82. The Morgan fingerprint density at radius 1 is 1.15 bits per heavy atom. The van der Waals surface area contributed by atoms with Gasteiger partial charge in [-0.25, -0.2) is 0 Å². The van der Waals surface area contributed by atoms with E-state index in [-0.39, 0.29) is 16.6 Å². The number of nitrogens with one attached hydrogen (secondary N) is 1. The second-order valence-corrected chi connectivity index (χ2v) is 7.76. The monoisotopic (exact) mass is 424 g/mol. The van der Waals surface area contributed by atoms with Crippen molar-refractivity contribution in [1.82, 2.24) is 19.8 Å². The minimum absolute atomic E-state index is 0.0543. The first kappa shape index (κ1) is 19.8. The number of benzene rings is 1. The molecule has 1 aliphatic heterocycles. The van der Waals surface area contributed by atoms with Crippen molar-refractivity contribution in [2.75, 3.05) is 13.1 Å². The lowest BCUT2D eigenvalue weighted by Gasteiger charge is -2.28. The van der Waals surface area contributed by atoms with Gasteiger partial charge in [0.25, 0.3) is 11.8 Å². The highest BCUT2D eigenvalue weighted by Crippen LogP contribution is 2.26. The molecule has 142 valence electrons. The number of hydrogen-bond acceptors (Lipinski definition) is 5. The Balaban J connectivity index is 1.96. The number of carbonyl (C=O) groups excluding carboxylic acids is 2. The molecule has 2 heterocycles. The molecule has 2 amide bonds. The molecule has 0 saturated carbocycles. The number of aromatic nitrogens is 2. The van der Waals surface area contributed by atoms with Crippen LogP contribution in [0.25, 0.3) is 5.03 Å². The van der Waals surface area contributed by atoms with Gasteiger partial charge < -0.3 is 10.2 Å². The molecule has 9 heteroatoms. The summed E-state index contributed by atoms with van der Waals surface area (Å²) in [5.74, 6) is -0.742. The van der Waals surface area contributed by atoms with Crippen LogP contribution >= 0.6 is 34.7 Å². The predicted molar refractivity (Wildman–Crippen MR) is 107 cm³/mol. The first-order chi connectivity index (χ1) is 13.0. The van der Waals surface area contributed by atoms with Crippen LogP contribution in [0.5, 0.6) is 0 Å². The summed E-state index contributed by atoms with van der Waals surface area (Å²) >= 11 is 13.4. The van der Waals surface area contributed by atoms with Crippen LogP contribution in [-0.4, -0.2) is 39.4 Å². The lowest BCUT2D eigenvalue weighted by molar-refractivity contribution is -0.128. The molecule has 3 rings (SSSR count). The first-order valence-corrected chi connectivity index (χ1v) is 10.1. The van der Waals surface area contributed by atoms with E-state index in [9.17, 15) is 9.59 Å². The molecule has 1 N–H and O–H groups in total. The summed E-state index contributed by atoms with van der Waals surface area (Å²) in [6.07, 6.45) is 2.96. The molecular formula is C18H18Cl2N4O2S. The van der Waals surface area contributed by atoms with Crippen molar-refractivity contribution >= 4 is 51.6 Å². The average Bonchev–Trinajstić information content (AvgIpc) is 3.12. The minimum atomic E-state index is -0.449. The molecule has 0 aliphatic carbocycles. The van der Waals surface area contributed by atoms with E-state index in [0.717, 1.165) is 30.8 Å². The largest absolute Gasteiger partial charge is 0.337 e. The van der Waals surface area contributed by atoms with E-state index in [1.54, 1.807) is 36.1 Å².